The van der Waals surface area contributed by atoms with Gasteiger partial charge in [-0.3, -0.25) is 9.58 Å². The molecule has 4 nitrogen and oxygen atoms in total. The Hall–Kier alpha value is -0.870. The lowest BCUT2D eigenvalue weighted by molar-refractivity contribution is 0.149. The van der Waals surface area contributed by atoms with Crippen LogP contribution in [0, 0.1) is 13.8 Å². The molecule has 20 heavy (non-hydrogen) atoms. The molecule has 1 aromatic rings. The number of aromatic nitrogens is 2. The minimum absolute atomic E-state index is 0.422. The molecule has 2 atom stereocenters. The van der Waals surface area contributed by atoms with Gasteiger partial charge < -0.3 is 5.32 Å². The third-order valence-corrected chi connectivity index (χ3v) is 4.74. The average Bonchev–Trinajstić information content (AvgIpc) is 2.95. The van der Waals surface area contributed by atoms with Crippen LogP contribution >= 0.6 is 0 Å². The molecule has 0 bridgehead atoms. The molecule has 0 radical (unpaired) electrons. The molecule has 1 aliphatic rings. The first-order valence-corrected chi connectivity index (χ1v) is 7.91. The highest BCUT2D eigenvalue weighted by Gasteiger charge is 2.27. The standard InChI is InChI=1S/C16H30N4/c1-11(2)20(10-15-8-7-9-17-15)14(5)16-12(3)18-19(6)13(16)4/h11,14-15,17H,7-10H2,1-6H3. The van der Waals surface area contributed by atoms with Crippen LogP contribution in [0.15, 0.2) is 0 Å². The van der Waals surface area contributed by atoms with Gasteiger partial charge in [-0.05, 0) is 54.0 Å². The molecule has 0 amide bonds. The monoisotopic (exact) mass is 278 g/mol. The van der Waals surface area contributed by atoms with E-state index < -0.39 is 0 Å². The SMILES string of the molecule is Cc1nn(C)c(C)c1C(C)N(CC1CCCN1)C(C)C. The summed E-state index contributed by atoms with van der Waals surface area (Å²) in [4.78, 5) is 2.61. The Kier molecular flexibility index (Phi) is 4.86. The number of rotatable bonds is 5. The summed E-state index contributed by atoms with van der Waals surface area (Å²) in [5.74, 6) is 0. The van der Waals surface area contributed by atoms with E-state index in [4.69, 9.17) is 0 Å². The number of aryl methyl sites for hydroxylation is 2. The maximum absolute atomic E-state index is 4.58. The molecule has 1 fully saturated rings. The van der Waals surface area contributed by atoms with Crippen molar-refractivity contribution >= 4 is 0 Å². The van der Waals surface area contributed by atoms with Gasteiger partial charge in [0.05, 0.1) is 5.69 Å². The lowest BCUT2D eigenvalue weighted by Gasteiger charge is -2.35. The van der Waals surface area contributed by atoms with Crippen molar-refractivity contribution in [2.75, 3.05) is 13.1 Å². The number of hydrogen-bond donors (Lipinski definition) is 1. The van der Waals surface area contributed by atoms with Gasteiger partial charge in [0.1, 0.15) is 0 Å². The largest absolute Gasteiger partial charge is 0.313 e. The third kappa shape index (κ3) is 3.07. The molecule has 0 spiro atoms. The molecule has 4 heteroatoms. The van der Waals surface area contributed by atoms with Crippen LogP contribution in [0.4, 0.5) is 0 Å². The number of nitrogens with one attached hydrogen (secondary N) is 1. The minimum Gasteiger partial charge on any atom is -0.313 e. The van der Waals surface area contributed by atoms with Crippen LogP contribution in [0.2, 0.25) is 0 Å². The molecular formula is C16H30N4. The summed E-state index contributed by atoms with van der Waals surface area (Å²) in [6, 6.07) is 1.62. The van der Waals surface area contributed by atoms with Crippen LogP contribution in [0.1, 0.15) is 56.6 Å². The first-order valence-electron chi connectivity index (χ1n) is 7.91. The summed E-state index contributed by atoms with van der Waals surface area (Å²) >= 11 is 0. The maximum atomic E-state index is 4.58. The van der Waals surface area contributed by atoms with Gasteiger partial charge in [0.25, 0.3) is 0 Å². The van der Waals surface area contributed by atoms with Gasteiger partial charge in [0.2, 0.25) is 0 Å². The van der Waals surface area contributed by atoms with Crippen LogP contribution in [0.3, 0.4) is 0 Å². The van der Waals surface area contributed by atoms with Gasteiger partial charge in [-0.25, -0.2) is 0 Å². The van der Waals surface area contributed by atoms with E-state index in [-0.39, 0.29) is 0 Å². The molecule has 114 valence electrons. The summed E-state index contributed by atoms with van der Waals surface area (Å²) in [6.45, 7) is 13.5. The zero-order chi connectivity index (χ0) is 14.9. The van der Waals surface area contributed by atoms with Crippen LogP contribution < -0.4 is 5.32 Å². The zero-order valence-corrected chi connectivity index (χ0v) is 13.9. The first kappa shape index (κ1) is 15.5. The topological polar surface area (TPSA) is 33.1 Å². The van der Waals surface area contributed by atoms with E-state index in [1.165, 1.54) is 36.3 Å². The van der Waals surface area contributed by atoms with Gasteiger partial charge >= 0.3 is 0 Å². The quantitative estimate of drug-likeness (QED) is 0.898. The Morgan fingerprint density at radius 2 is 2.05 bits per heavy atom. The summed E-state index contributed by atoms with van der Waals surface area (Å²) in [6.07, 6.45) is 2.62. The summed E-state index contributed by atoms with van der Waals surface area (Å²) < 4.78 is 2.01. The highest BCUT2D eigenvalue weighted by molar-refractivity contribution is 5.28. The third-order valence-electron chi connectivity index (χ3n) is 4.74. The second-order valence-corrected chi connectivity index (χ2v) is 6.47. The van der Waals surface area contributed by atoms with Crippen molar-refractivity contribution in [2.45, 2.75) is 65.6 Å². The molecule has 0 saturated carbocycles. The predicted molar refractivity (Wildman–Crippen MR) is 84.0 cm³/mol. The Labute approximate surface area is 123 Å². The van der Waals surface area contributed by atoms with E-state index >= 15 is 0 Å². The van der Waals surface area contributed by atoms with Crippen LogP contribution in [0.5, 0.6) is 0 Å². The molecule has 0 aliphatic carbocycles. The molecule has 2 heterocycles. The summed E-state index contributed by atoms with van der Waals surface area (Å²) in [5, 5.41) is 8.20. The Morgan fingerprint density at radius 1 is 1.35 bits per heavy atom. The van der Waals surface area contributed by atoms with Crippen molar-refractivity contribution in [2.24, 2.45) is 7.05 Å². The fourth-order valence-corrected chi connectivity index (χ4v) is 3.54. The van der Waals surface area contributed by atoms with Crippen LogP contribution in [-0.4, -0.2) is 39.9 Å². The van der Waals surface area contributed by atoms with E-state index in [1.54, 1.807) is 0 Å². The van der Waals surface area contributed by atoms with E-state index in [1.807, 2.05) is 11.7 Å². The number of nitrogens with zero attached hydrogens (tertiary/aromatic N) is 3. The van der Waals surface area contributed by atoms with E-state index in [2.05, 4.69) is 49.9 Å². The van der Waals surface area contributed by atoms with Gasteiger partial charge in [0.15, 0.2) is 0 Å². The van der Waals surface area contributed by atoms with Gasteiger partial charge in [-0.2, -0.15) is 5.10 Å². The van der Waals surface area contributed by atoms with Crippen molar-refractivity contribution in [3.05, 3.63) is 17.0 Å². The second-order valence-electron chi connectivity index (χ2n) is 6.47. The lowest BCUT2D eigenvalue weighted by Crippen LogP contribution is -2.42. The number of hydrogen-bond acceptors (Lipinski definition) is 3. The highest BCUT2D eigenvalue weighted by atomic mass is 15.3. The van der Waals surface area contributed by atoms with Crippen molar-refractivity contribution < 1.29 is 0 Å². The predicted octanol–water partition coefficient (Wildman–Crippen LogP) is 2.56. The Bertz CT molecular complexity index is 444. The van der Waals surface area contributed by atoms with Crippen LogP contribution in [-0.2, 0) is 7.05 Å². The lowest BCUT2D eigenvalue weighted by atomic mass is 10.0. The van der Waals surface area contributed by atoms with Crippen molar-refractivity contribution in [3.8, 4) is 0 Å². The molecule has 1 saturated heterocycles. The summed E-state index contributed by atoms with van der Waals surface area (Å²) in [5.41, 5.74) is 3.86. The Balaban J connectivity index is 2.19. The van der Waals surface area contributed by atoms with Crippen LogP contribution in [0.25, 0.3) is 0 Å². The Morgan fingerprint density at radius 3 is 2.50 bits per heavy atom. The first-order chi connectivity index (χ1) is 9.41. The van der Waals surface area contributed by atoms with E-state index in [0.29, 0.717) is 18.1 Å². The molecule has 1 N–H and O–H groups in total. The smallest absolute Gasteiger partial charge is 0.0644 e. The second kappa shape index (κ2) is 6.27. The van der Waals surface area contributed by atoms with E-state index in [0.717, 1.165) is 6.54 Å². The fourth-order valence-electron chi connectivity index (χ4n) is 3.54. The van der Waals surface area contributed by atoms with Gasteiger partial charge in [-0.1, -0.05) is 0 Å². The fraction of sp³-hybridized carbons (Fsp3) is 0.812. The highest BCUT2D eigenvalue weighted by Crippen LogP contribution is 2.28. The normalized spacial score (nSPS) is 21.1. The minimum atomic E-state index is 0.422. The average molecular weight is 278 g/mol. The molecule has 2 unspecified atom stereocenters. The molecular weight excluding hydrogens is 248 g/mol. The molecule has 2 rings (SSSR count). The van der Waals surface area contributed by atoms with Gasteiger partial charge in [-0.15, -0.1) is 0 Å². The van der Waals surface area contributed by atoms with E-state index in [9.17, 15) is 0 Å². The summed E-state index contributed by atoms with van der Waals surface area (Å²) in [7, 11) is 2.04. The molecule has 1 aromatic heterocycles. The zero-order valence-electron chi connectivity index (χ0n) is 13.9. The van der Waals surface area contributed by atoms with Crippen molar-refractivity contribution in [3.63, 3.8) is 0 Å². The maximum Gasteiger partial charge on any atom is 0.0644 e. The molecule has 1 aliphatic heterocycles. The van der Waals surface area contributed by atoms with Gasteiger partial charge in [0, 0.05) is 43.0 Å². The molecule has 0 aromatic carbocycles. The van der Waals surface area contributed by atoms with Crippen molar-refractivity contribution in [1.82, 2.24) is 20.0 Å². The van der Waals surface area contributed by atoms with Crippen molar-refractivity contribution in [1.29, 1.82) is 0 Å².